The number of benzene rings is 1. The summed E-state index contributed by atoms with van der Waals surface area (Å²) in [5.41, 5.74) is -0.536. The van der Waals surface area contributed by atoms with Gasteiger partial charge in [-0.25, -0.2) is 0 Å². The highest BCUT2D eigenvalue weighted by Crippen LogP contribution is 2.24. The molecule has 16 heavy (non-hydrogen) atoms. The van der Waals surface area contributed by atoms with Gasteiger partial charge in [-0.1, -0.05) is 6.07 Å². The Hall–Kier alpha value is -1.54. The van der Waals surface area contributed by atoms with Crippen LogP contribution in [-0.4, -0.2) is 29.8 Å². The second-order valence-corrected chi connectivity index (χ2v) is 2.84. The van der Waals surface area contributed by atoms with E-state index in [1.54, 1.807) is 0 Å². The van der Waals surface area contributed by atoms with Gasteiger partial charge in [0.1, 0.15) is 5.75 Å². The van der Waals surface area contributed by atoms with E-state index in [0.29, 0.717) is 0 Å². The number of rotatable bonds is 3. The second-order valence-electron chi connectivity index (χ2n) is 2.84. The summed E-state index contributed by atoms with van der Waals surface area (Å²) < 4.78 is 39.3. The van der Waals surface area contributed by atoms with E-state index in [-0.39, 0.29) is 17.3 Å². The number of carbonyl (C=O) groups is 1. The highest BCUT2D eigenvalue weighted by molar-refractivity contribution is 6.58. The van der Waals surface area contributed by atoms with Gasteiger partial charge in [0.25, 0.3) is 0 Å². The van der Waals surface area contributed by atoms with Gasteiger partial charge in [0.2, 0.25) is 0 Å². The van der Waals surface area contributed by atoms with E-state index in [4.69, 9.17) is 10.0 Å². The summed E-state index contributed by atoms with van der Waals surface area (Å²) in [6.07, 6.45) is -4.77. The van der Waals surface area contributed by atoms with Gasteiger partial charge < -0.3 is 14.8 Å². The maximum Gasteiger partial charge on any atom is 0.573 e. The summed E-state index contributed by atoms with van der Waals surface area (Å²) >= 11 is 0. The fourth-order valence-corrected chi connectivity index (χ4v) is 1.02. The van der Waals surface area contributed by atoms with E-state index in [2.05, 4.69) is 4.74 Å². The number of ether oxygens (including phenoxy) is 1. The molecule has 0 aromatic heterocycles. The van der Waals surface area contributed by atoms with E-state index in [1.807, 2.05) is 0 Å². The number of alkyl halides is 3. The lowest BCUT2D eigenvalue weighted by Gasteiger charge is -2.11. The van der Waals surface area contributed by atoms with Crippen LogP contribution >= 0.6 is 0 Å². The molecule has 0 atom stereocenters. The van der Waals surface area contributed by atoms with Crippen molar-refractivity contribution in [3.8, 4) is 5.75 Å². The number of hydrogen-bond donors (Lipinski definition) is 2. The molecule has 0 aliphatic rings. The Bertz CT molecular complexity index is 391. The van der Waals surface area contributed by atoms with E-state index in [1.165, 1.54) is 0 Å². The molecule has 0 aliphatic carbocycles. The average molecular weight is 234 g/mol. The van der Waals surface area contributed by atoms with Crippen molar-refractivity contribution in [1.29, 1.82) is 0 Å². The molecule has 86 valence electrons. The average Bonchev–Trinajstić information content (AvgIpc) is 2.15. The van der Waals surface area contributed by atoms with Crippen LogP contribution in [0.15, 0.2) is 18.2 Å². The SMILES string of the molecule is O=Cc1ccc(B(O)O)cc1OC(F)(F)F. The van der Waals surface area contributed by atoms with Gasteiger partial charge in [0, 0.05) is 0 Å². The standard InChI is InChI=1S/C8H6BF3O4/c10-8(11,12)16-7-3-6(9(14)15)2-1-5(7)4-13/h1-4,14-15H. The molecule has 4 nitrogen and oxygen atoms in total. The third-order valence-corrected chi connectivity index (χ3v) is 1.69. The van der Waals surface area contributed by atoms with Crippen molar-refractivity contribution in [2.45, 2.75) is 6.36 Å². The fourth-order valence-electron chi connectivity index (χ4n) is 1.02. The summed E-state index contributed by atoms with van der Waals surface area (Å²) in [5.74, 6) is -0.770. The first-order valence-corrected chi connectivity index (χ1v) is 4.04. The van der Waals surface area contributed by atoms with Crippen molar-refractivity contribution in [3.63, 3.8) is 0 Å². The van der Waals surface area contributed by atoms with Crippen LogP contribution in [0.5, 0.6) is 5.75 Å². The third-order valence-electron chi connectivity index (χ3n) is 1.69. The molecule has 0 heterocycles. The van der Waals surface area contributed by atoms with Gasteiger partial charge >= 0.3 is 13.5 Å². The highest BCUT2D eigenvalue weighted by Gasteiger charge is 2.32. The summed E-state index contributed by atoms with van der Waals surface area (Å²) in [5, 5.41) is 17.5. The summed E-state index contributed by atoms with van der Waals surface area (Å²) in [7, 11) is -1.93. The Kier molecular flexibility index (Phi) is 3.56. The Morgan fingerprint density at radius 2 is 1.94 bits per heavy atom. The van der Waals surface area contributed by atoms with Crippen LogP contribution in [0.2, 0.25) is 0 Å². The predicted molar refractivity (Wildman–Crippen MR) is 48.3 cm³/mol. The Balaban J connectivity index is 3.12. The number of hydrogen-bond acceptors (Lipinski definition) is 4. The number of carbonyl (C=O) groups excluding carboxylic acids is 1. The zero-order valence-electron chi connectivity index (χ0n) is 7.73. The monoisotopic (exact) mass is 234 g/mol. The van der Waals surface area contributed by atoms with Crippen LogP contribution in [-0.2, 0) is 0 Å². The highest BCUT2D eigenvalue weighted by atomic mass is 19.4. The Labute approximate surface area is 88.4 Å². The van der Waals surface area contributed by atoms with Crippen molar-refractivity contribution in [2.24, 2.45) is 0 Å². The molecular formula is C8H6BF3O4. The quantitative estimate of drug-likeness (QED) is 0.573. The molecule has 0 unspecified atom stereocenters. The van der Waals surface area contributed by atoms with Crippen LogP contribution in [0.3, 0.4) is 0 Å². The van der Waals surface area contributed by atoms with Crippen molar-refractivity contribution in [2.75, 3.05) is 0 Å². The van der Waals surface area contributed by atoms with Gasteiger partial charge in [0.05, 0.1) is 5.56 Å². The van der Waals surface area contributed by atoms with Crippen molar-refractivity contribution >= 4 is 18.9 Å². The van der Waals surface area contributed by atoms with E-state index in [0.717, 1.165) is 18.2 Å². The van der Waals surface area contributed by atoms with Crippen LogP contribution in [0.1, 0.15) is 10.4 Å². The minimum Gasteiger partial charge on any atom is -0.423 e. The predicted octanol–water partition coefficient (Wildman–Crippen LogP) is 0.0775. The van der Waals surface area contributed by atoms with Crippen LogP contribution in [0, 0.1) is 0 Å². The molecule has 1 aromatic carbocycles. The molecule has 0 radical (unpaired) electrons. The van der Waals surface area contributed by atoms with Crippen LogP contribution in [0.4, 0.5) is 13.2 Å². The Morgan fingerprint density at radius 1 is 1.31 bits per heavy atom. The first-order chi connectivity index (χ1) is 7.33. The lowest BCUT2D eigenvalue weighted by Crippen LogP contribution is -2.30. The van der Waals surface area contributed by atoms with Crippen LogP contribution in [0.25, 0.3) is 0 Å². The van der Waals surface area contributed by atoms with Gasteiger partial charge in [-0.15, -0.1) is 13.2 Å². The molecule has 1 aromatic rings. The van der Waals surface area contributed by atoms with Gasteiger partial charge in [-0.2, -0.15) is 0 Å². The summed E-state index contributed by atoms with van der Waals surface area (Å²) in [6.45, 7) is 0. The molecule has 0 bridgehead atoms. The van der Waals surface area contributed by atoms with E-state index < -0.39 is 19.2 Å². The molecule has 0 spiro atoms. The van der Waals surface area contributed by atoms with Gasteiger partial charge in [0.15, 0.2) is 6.29 Å². The number of halogens is 3. The minimum absolute atomic E-state index is 0.175. The summed E-state index contributed by atoms with van der Waals surface area (Å²) in [6, 6.07) is 2.85. The molecule has 0 aliphatic heterocycles. The van der Waals surface area contributed by atoms with E-state index >= 15 is 0 Å². The minimum atomic E-state index is -4.95. The third kappa shape index (κ3) is 3.25. The molecule has 0 saturated carbocycles. The normalized spacial score (nSPS) is 11.1. The smallest absolute Gasteiger partial charge is 0.423 e. The molecule has 0 fully saturated rings. The van der Waals surface area contributed by atoms with Gasteiger partial charge in [-0.05, 0) is 17.6 Å². The van der Waals surface area contributed by atoms with E-state index in [9.17, 15) is 18.0 Å². The van der Waals surface area contributed by atoms with Crippen molar-refractivity contribution in [1.82, 2.24) is 0 Å². The maximum atomic E-state index is 11.9. The Morgan fingerprint density at radius 3 is 2.38 bits per heavy atom. The molecule has 1 rings (SSSR count). The lowest BCUT2D eigenvalue weighted by atomic mass is 9.80. The van der Waals surface area contributed by atoms with Crippen LogP contribution < -0.4 is 10.2 Å². The van der Waals surface area contributed by atoms with Gasteiger partial charge in [-0.3, -0.25) is 4.79 Å². The fraction of sp³-hybridized carbons (Fsp3) is 0.125. The second kappa shape index (κ2) is 4.54. The van der Waals surface area contributed by atoms with Crippen molar-refractivity contribution < 1.29 is 32.8 Å². The zero-order valence-corrected chi connectivity index (χ0v) is 7.73. The largest absolute Gasteiger partial charge is 0.573 e. The lowest BCUT2D eigenvalue weighted by molar-refractivity contribution is -0.274. The maximum absolute atomic E-state index is 11.9. The number of aldehydes is 1. The molecule has 2 N–H and O–H groups in total. The molecule has 0 amide bonds. The van der Waals surface area contributed by atoms with Crippen molar-refractivity contribution in [3.05, 3.63) is 23.8 Å². The first kappa shape index (κ1) is 12.5. The zero-order chi connectivity index (χ0) is 12.3. The molecule has 8 heteroatoms. The first-order valence-electron chi connectivity index (χ1n) is 4.04. The molecule has 0 saturated heterocycles. The summed E-state index contributed by atoms with van der Waals surface area (Å²) in [4.78, 5) is 10.4. The molecular weight excluding hydrogens is 228 g/mol. The topological polar surface area (TPSA) is 66.8 Å².